The molecule has 0 bridgehead atoms. The van der Waals surface area contributed by atoms with Crippen LogP contribution in [0.5, 0.6) is 0 Å². The molecule has 1 amide bonds. The molecule has 1 spiro atoms. The van der Waals surface area contributed by atoms with Crippen molar-refractivity contribution in [1.82, 2.24) is 4.90 Å². The van der Waals surface area contributed by atoms with Crippen LogP contribution >= 0.6 is 0 Å². The molecule has 17 heavy (non-hydrogen) atoms. The lowest BCUT2D eigenvalue weighted by Crippen LogP contribution is -2.58. The highest BCUT2D eigenvalue weighted by atomic mass is 16.5. The quantitative estimate of drug-likeness (QED) is 0.718. The molecule has 1 heterocycles. The molecule has 3 fully saturated rings. The molecule has 0 aromatic heterocycles. The summed E-state index contributed by atoms with van der Waals surface area (Å²) < 4.78 is 5.73. The number of carbonyl (C=O) groups excluding carboxylic acids is 1. The minimum absolute atomic E-state index is 0.150. The Kier molecular flexibility index (Phi) is 2.23. The van der Waals surface area contributed by atoms with E-state index in [2.05, 4.69) is 0 Å². The summed E-state index contributed by atoms with van der Waals surface area (Å²) in [5.41, 5.74) is -1.25. The zero-order chi connectivity index (χ0) is 12.1. The first-order chi connectivity index (χ1) is 8.08. The Morgan fingerprint density at radius 3 is 2.35 bits per heavy atom. The highest BCUT2D eigenvalue weighted by Gasteiger charge is 2.59. The van der Waals surface area contributed by atoms with Crippen LogP contribution in [-0.2, 0) is 14.3 Å². The lowest BCUT2D eigenvalue weighted by atomic mass is 9.78. The summed E-state index contributed by atoms with van der Waals surface area (Å²) in [6.45, 7) is 1.66. The van der Waals surface area contributed by atoms with Gasteiger partial charge < -0.3 is 14.7 Å². The fourth-order valence-electron chi connectivity index (χ4n) is 2.84. The van der Waals surface area contributed by atoms with Gasteiger partial charge in [0, 0.05) is 13.1 Å². The Morgan fingerprint density at radius 1 is 1.18 bits per heavy atom. The van der Waals surface area contributed by atoms with Gasteiger partial charge in [-0.3, -0.25) is 9.59 Å². The van der Waals surface area contributed by atoms with Crippen molar-refractivity contribution in [1.29, 1.82) is 0 Å². The van der Waals surface area contributed by atoms with Crippen molar-refractivity contribution < 1.29 is 19.4 Å². The van der Waals surface area contributed by atoms with Crippen molar-refractivity contribution in [3.63, 3.8) is 0 Å². The standard InChI is InChI=1S/C12H17NO4/c14-9(12(4-5-12)10(15)16)13-6-7-17-11(8-13)2-1-3-11/h1-8H2,(H,15,16). The van der Waals surface area contributed by atoms with E-state index in [0.29, 0.717) is 32.5 Å². The van der Waals surface area contributed by atoms with Crippen molar-refractivity contribution >= 4 is 11.9 Å². The average Bonchev–Trinajstić information content (AvgIpc) is 3.07. The second kappa shape index (κ2) is 3.45. The van der Waals surface area contributed by atoms with Crippen molar-refractivity contribution in [3.8, 4) is 0 Å². The topological polar surface area (TPSA) is 66.8 Å². The highest BCUT2D eigenvalue weighted by Crippen LogP contribution is 2.48. The maximum atomic E-state index is 12.2. The number of carboxylic acids is 1. The van der Waals surface area contributed by atoms with E-state index in [1.54, 1.807) is 4.90 Å². The van der Waals surface area contributed by atoms with E-state index in [1.165, 1.54) is 0 Å². The second-order valence-electron chi connectivity index (χ2n) is 5.50. The van der Waals surface area contributed by atoms with Crippen LogP contribution in [0.15, 0.2) is 0 Å². The maximum Gasteiger partial charge on any atom is 0.319 e. The van der Waals surface area contributed by atoms with Crippen molar-refractivity contribution in [3.05, 3.63) is 0 Å². The van der Waals surface area contributed by atoms with E-state index >= 15 is 0 Å². The van der Waals surface area contributed by atoms with Gasteiger partial charge in [-0.2, -0.15) is 0 Å². The molecule has 5 heteroatoms. The number of aliphatic carboxylic acids is 1. The summed E-state index contributed by atoms with van der Waals surface area (Å²) in [6, 6.07) is 0. The van der Waals surface area contributed by atoms with Crippen LogP contribution in [0.25, 0.3) is 0 Å². The number of ether oxygens (including phenoxy) is 1. The molecule has 1 saturated heterocycles. The predicted molar refractivity (Wildman–Crippen MR) is 58.4 cm³/mol. The fourth-order valence-corrected chi connectivity index (χ4v) is 2.84. The Bertz CT molecular complexity index is 371. The molecule has 1 N–H and O–H groups in total. The Hall–Kier alpha value is -1.10. The number of hydrogen-bond donors (Lipinski definition) is 1. The van der Waals surface area contributed by atoms with E-state index in [1.807, 2.05) is 0 Å². The third-order valence-corrected chi connectivity index (χ3v) is 4.37. The smallest absolute Gasteiger partial charge is 0.319 e. The largest absolute Gasteiger partial charge is 0.480 e. The van der Waals surface area contributed by atoms with E-state index < -0.39 is 11.4 Å². The molecule has 0 unspecified atom stereocenters. The van der Waals surface area contributed by atoms with Gasteiger partial charge >= 0.3 is 5.97 Å². The fraction of sp³-hybridized carbons (Fsp3) is 0.833. The first-order valence-corrected chi connectivity index (χ1v) is 6.25. The van der Waals surface area contributed by atoms with Gasteiger partial charge in [0.15, 0.2) is 0 Å². The molecule has 2 aliphatic carbocycles. The molecule has 94 valence electrons. The molecule has 2 saturated carbocycles. The zero-order valence-electron chi connectivity index (χ0n) is 9.78. The number of morpholine rings is 1. The molecular formula is C12H17NO4. The normalized spacial score (nSPS) is 28.6. The van der Waals surface area contributed by atoms with E-state index in [9.17, 15) is 9.59 Å². The van der Waals surface area contributed by atoms with Gasteiger partial charge in [-0.25, -0.2) is 0 Å². The van der Waals surface area contributed by atoms with Crippen LogP contribution in [-0.4, -0.2) is 47.2 Å². The molecular weight excluding hydrogens is 222 g/mol. The summed E-state index contributed by atoms with van der Waals surface area (Å²) in [7, 11) is 0. The van der Waals surface area contributed by atoms with Crippen LogP contribution in [0.3, 0.4) is 0 Å². The highest BCUT2D eigenvalue weighted by molar-refractivity contribution is 6.04. The Labute approximate surface area is 99.7 Å². The third kappa shape index (κ3) is 1.56. The summed E-state index contributed by atoms with van der Waals surface area (Å²) in [5, 5.41) is 9.13. The first kappa shape index (κ1) is 11.0. The SMILES string of the molecule is O=C(O)C1(C(=O)N2CCOC3(CCC3)C2)CC1. The predicted octanol–water partition coefficient (Wildman–Crippen LogP) is 0.633. The van der Waals surface area contributed by atoms with Gasteiger partial charge in [0.25, 0.3) is 0 Å². The van der Waals surface area contributed by atoms with Crippen molar-refractivity contribution in [2.45, 2.75) is 37.7 Å². The molecule has 5 nitrogen and oxygen atoms in total. The lowest BCUT2D eigenvalue weighted by molar-refractivity contribution is -0.175. The monoisotopic (exact) mass is 239 g/mol. The number of nitrogens with zero attached hydrogens (tertiary/aromatic N) is 1. The number of rotatable bonds is 2. The number of amides is 1. The average molecular weight is 239 g/mol. The van der Waals surface area contributed by atoms with Crippen LogP contribution in [0, 0.1) is 5.41 Å². The summed E-state index contributed by atoms with van der Waals surface area (Å²) in [5.74, 6) is -1.16. The van der Waals surface area contributed by atoms with Gasteiger partial charge in [0.05, 0.1) is 12.2 Å². The number of hydrogen-bond acceptors (Lipinski definition) is 3. The number of carboxylic acid groups (broad SMARTS) is 1. The van der Waals surface area contributed by atoms with Gasteiger partial charge in [0.2, 0.25) is 5.91 Å². The van der Waals surface area contributed by atoms with E-state index in [4.69, 9.17) is 9.84 Å². The van der Waals surface area contributed by atoms with Crippen LogP contribution in [0.2, 0.25) is 0 Å². The summed E-state index contributed by atoms with van der Waals surface area (Å²) in [6.07, 6.45) is 4.12. The van der Waals surface area contributed by atoms with Gasteiger partial charge in [-0.1, -0.05) is 0 Å². The summed E-state index contributed by atoms with van der Waals surface area (Å²) >= 11 is 0. The van der Waals surface area contributed by atoms with E-state index in [0.717, 1.165) is 19.3 Å². The second-order valence-corrected chi connectivity index (χ2v) is 5.50. The molecule has 3 rings (SSSR count). The lowest BCUT2D eigenvalue weighted by Gasteiger charge is -2.48. The van der Waals surface area contributed by atoms with Crippen LogP contribution in [0.1, 0.15) is 32.1 Å². The molecule has 0 aromatic carbocycles. The molecule has 3 aliphatic rings. The van der Waals surface area contributed by atoms with Crippen molar-refractivity contribution in [2.24, 2.45) is 5.41 Å². The Balaban J connectivity index is 1.72. The van der Waals surface area contributed by atoms with E-state index in [-0.39, 0.29) is 11.5 Å². The minimum Gasteiger partial charge on any atom is -0.480 e. The van der Waals surface area contributed by atoms with Gasteiger partial charge in [0.1, 0.15) is 5.41 Å². The summed E-state index contributed by atoms with van der Waals surface area (Å²) in [4.78, 5) is 25.1. The number of carbonyl (C=O) groups is 2. The van der Waals surface area contributed by atoms with Gasteiger partial charge in [-0.05, 0) is 32.1 Å². The van der Waals surface area contributed by atoms with Gasteiger partial charge in [-0.15, -0.1) is 0 Å². The Morgan fingerprint density at radius 2 is 1.88 bits per heavy atom. The minimum atomic E-state index is -1.09. The molecule has 0 atom stereocenters. The molecule has 0 aromatic rings. The maximum absolute atomic E-state index is 12.2. The third-order valence-electron chi connectivity index (χ3n) is 4.37. The zero-order valence-corrected chi connectivity index (χ0v) is 9.78. The van der Waals surface area contributed by atoms with Crippen LogP contribution < -0.4 is 0 Å². The van der Waals surface area contributed by atoms with Crippen LogP contribution in [0.4, 0.5) is 0 Å². The molecule has 1 aliphatic heterocycles. The first-order valence-electron chi connectivity index (χ1n) is 6.25. The van der Waals surface area contributed by atoms with Crippen molar-refractivity contribution in [2.75, 3.05) is 19.7 Å². The molecule has 0 radical (unpaired) electrons.